The summed E-state index contributed by atoms with van der Waals surface area (Å²) in [6.07, 6.45) is -0.781. The average molecular weight is 230 g/mol. The van der Waals surface area contributed by atoms with Crippen molar-refractivity contribution in [3.05, 3.63) is 29.6 Å². The van der Waals surface area contributed by atoms with Gasteiger partial charge in [-0.25, -0.2) is 4.39 Å². The van der Waals surface area contributed by atoms with E-state index >= 15 is 0 Å². The first-order valence-corrected chi connectivity index (χ1v) is 5.73. The molecular weight excluding hydrogens is 215 g/mol. The van der Waals surface area contributed by atoms with E-state index in [9.17, 15) is 9.50 Å². The van der Waals surface area contributed by atoms with E-state index in [0.717, 1.165) is 10.6 Å². The van der Waals surface area contributed by atoms with Crippen molar-refractivity contribution in [1.29, 1.82) is 0 Å². The summed E-state index contributed by atoms with van der Waals surface area (Å²) >= 11 is 1.49. The lowest BCUT2D eigenvalue weighted by Gasteiger charge is -2.12. The fraction of sp³-hybridized carbons (Fsp3) is 0.455. The maximum atomic E-state index is 13.4. The topological polar surface area (TPSA) is 29.5 Å². The van der Waals surface area contributed by atoms with Gasteiger partial charge in [-0.05, 0) is 19.1 Å². The molecule has 0 aliphatic rings. The molecule has 4 heteroatoms. The van der Waals surface area contributed by atoms with Gasteiger partial charge in [0.2, 0.25) is 0 Å². The average Bonchev–Trinajstić information content (AvgIpc) is 2.17. The highest BCUT2D eigenvalue weighted by Gasteiger charge is 2.13. The lowest BCUT2D eigenvalue weighted by atomic mass is 10.1. The van der Waals surface area contributed by atoms with Gasteiger partial charge in [-0.1, -0.05) is 6.07 Å². The monoisotopic (exact) mass is 230 g/mol. The second-order valence-electron chi connectivity index (χ2n) is 3.17. The highest BCUT2D eigenvalue weighted by atomic mass is 32.2. The van der Waals surface area contributed by atoms with Crippen LogP contribution in [0.4, 0.5) is 4.39 Å². The molecule has 1 N–H and O–H groups in total. The van der Waals surface area contributed by atoms with Crippen molar-refractivity contribution in [3.8, 4) is 0 Å². The van der Waals surface area contributed by atoms with Crippen LogP contribution in [0.3, 0.4) is 0 Å². The third-order valence-corrected chi connectivity index (χ3v) is 3.01. The normalized spacial score (nSPS) is 12.8. The van der Waals surface area contributed by atoms with Gasteiger partial charge in [0, 0.05) is 23.3 Å². The fourth-order valence-electron chi connectivity index (χ4n) is 1.28. The van der Waals surface area contributed by atoms with Crippen molar-refractivity contribution in [3.63, 3.8) is 0 Å². The van der Waals surface area contributed by atoms with Crippen molar-refractivity contribution < 1.29 is 14.2 Å². The molecule has 15 heavy (non-hydrogen) atoms. The van der Waals surface area contributed by atoms with Gasteiger partial charge in [0.05, 0.1) is 12.7 Å². The quantitative estimate of drug-likeness (QED) is 0.623. The first-order valence-electron chi connectivity index (χ1n) is 4.75. The van der Waals surface area contributed by atoms with E-state index < -0.39 is 6.10 Å². The lowest BCUT2D eigenvalue weighted by Crippen LogP contribution is -2.00. The first kappa shape index (κ1) is 12.5. The van der Waals surface area contributed by atoms with Gasteiger partial charge in [0.1, 0.15) is 5.82 Å². The molecular formula is C11H15FO2S. The number of benzene rings is 1. The Hall–Kier alpha value is -0.580. The number of halogens is 1. The molecule has 0 heterocycles. The van der Waals surface area contributed by atoms with E-state index in [-0.39, 0.29) is 5.82 Å². The molecule has 1 aromatic rings. The summed E-state index contributed by atoms with van der Waals surface area (Å²) in [6.45, 7) is 2.18. The largest absolute Gasteiger partial charge is 0.389 e. The molecule has 0 unspecified atom stereocenters. The Morgan fingerprint density at radius 2 is 2.27 bits per heavy atom. The molecule has 0 saturated heterocycles. The highest BCUT2D eigenvalue weighted by Crippen LogP contribution is 2.29. The van der Waals surface area contributed by atoms with Crippen LogP contribution >= 0.6 is 11.8 Å². The molecule has 0 amide bonds. The Labute approximate surface area is 93.5 Å². The van der Waals surface area contributed by atoms with E-state index in [4.69, 9.17) is 4.74 Å². The number of methoxy groups -OCH3 is 1. The SMILES string of the molecule is COCCSc1cccc(F)c1[C@H](C)O. The Kier molecular flexibility index (Phi) is 5.08. The van der Waals surface area contributed by atoms with Crippen molar-refractivity contribution in [2.75, 3.05) is 19.5 Å². The molecule has 2 nitrogen and oxygen atoms in total. The molecule has 0 fully saturated rings. The standard InChI is InChI=1S/C11H15FO2S/c1-8(13)11-9(12)4-3-5-10(11)15-7-6-14-2/h3-5,8,13H,6-7H2,1-2H3/t8-/m0/s1. The summed E-state index contributed by atoms with van der Waals surface area (Å²) in [4.78, 5) is 0.780. The minimum Gasteiger partial charge on any atom is -0.389 e. The first-order chi connectivity index (χ1) is 7.16. The molecule has 1 aromatic carbocycles. The van der Waals surface area contributed by atoms with Gasteiger partial charge < -0.3 is 9.84 Å². The summed E-state index contributed by atoms with van der Waals surface area (Å²) in [5.74, 6) is 0.395. The van der Waals surface area contributed by atoms with E-state index in [0.29, 0.717) is 12.2 Å². The molecule has 1 rings (SSSR count). The van der Waals surface area contributed by atoms with Crippen molar-refractivity contribution in [2.24, 2.45) is 0 Å². The van der Waals surface area contributed by atoms with Crippen molar-refractivity contribution in [1.82, 2.24) is 0 Å². The predicted octanol–water partition coefficient (Wildman–Crippen LogP) is 2.62. The maximum absolute atomic E-state index is 13.4. The number of thioether (sulfide) groups is 1. The summed E-state index contributed by atoms with van der Waals surface area (Å²) in [5, 5.41) is 9.46. The maximum Gasteiger partial charge on any atom is 0.130 e. The minimum atomic E-state index is -0.781. The van der Waals surface area contributed by atoms with Gasteiger partial charge in [-0.3, -0.25) is 0 Å². The van der Waals surface area contributed by atoms with Crippen LogP contribution in [-0.4, -0.2) is 24.6 Å². The molecule has 0 aromatic heterocycles. The fourth-order valence-corrected chi connectivity index (χ4v) is 2.35. The number of aliphatic hydroxyl groups excluding tert-OH is 1. The smallest absolute Gasteiger partial charge is 0.130 e. The van der Waals surface area contributed by atoms with Crippen LogP contribution in [0.5, 0.6) is 0 Å². The number of aliphatic hydroxyl groups is 1. The molecule has 0 radical (unpaired) electrons. The Bertz CT molecular complexity index is 315. The molecule has 0 spiro atoms. The van der Waals surface area contributed by atoms with Crippen molar-refractivity contribution >= 4 is 11.8 Å². The van der Waals surface area contributed by atoms with Gasteiger partial charge in [0.25, 0.3) is 0 Å². The minimum absolute atomic E-state index is 0.354. The second-order valence-corrected chi connectivity index (χ2v) is 4.31. The summed E-state index contributed by atoms with van der Waals surface area (Å²) < 4.78 is 18.3. The molecule has 0 bridgehead atoms. The number of hydrogen-bond donors (Lipinski definition) is 1. The van der Waals surface area contributed by atoms with E-state index in [2.05, 4.69) is 0 Å². The van der Waals surface area contributed by atoms with Crippen LogP contribution in [0.2, 0.25) is 0 Å². The number of ether oxygens (including phenoxy) is 1. The molecule has 0 aliphatic heterocycles. The van der Waals surface area contributed by atoms with E-state index in [1.54, 1.807) is 20.1 Å². The van der Waals surface area contributed by atoms with Crippen LogP contribution in [0.1, 0.15) is 18.6 Å². The second kappa shape index (κ2) is 6.10. The van der Waals surface area contributed by atoms with Crippen LogP contribution in [0, 0.1) is 5.82 Å². The zero-order valence-electron chi connectivity index (χ0n) is 8.87. The van der Waals surface area contributed by atoms with E-state index in [1.807, 2.05) is 6.07 Å². The lowest BCUT2D eigenvalue weighted by molar-refractivity contribution is 0.191. The van der Waals surface area contributed by atoms with Gasteiger partial charge in [-0.15, -0.1) is 11.8 Å². The number of hydrogen-bond acceptors (Lipinski definition) is 3. The zero-order chi connectivity index (χ0) is 11.3. The van der Waals surface area contributed by atoms with E-state index in [1.165, 1.54) is 17.8 Å². The highest BCUT2D eigenvalue weighted by molar-refractivity contribution is 7.99. The molecule has 0 aliphatic carbocycles. The Morgan fingerprint density at radius 1 is 1.53 bits per heavy atom. The van der Waals surface area contributed by atoms with Gasteiger partial charge in [0.15, 0.2) is 0 Å². The van der Waals surface area contributed by atoms with Gasteiger partial charge in [-0.2, -0.15) is 0 Å². The Morgan fingerprint density at radius 3 is 2.87 bits per heavy atom. The van der Waals surface area contributed by atoms with Crippen LogP contribution in [0.25, 0.3) is 0 Å². The van der Waals surface area contributed by atoms with Gasteiger partial charge >= 0.3 is 0 Å². The summed E-state index contributed by atoms with van der Waals surface area (Å²) in [7, 11) is 1.63. The molecule has 84 valence electrons. The zero-order valence-corrected chi connectivity index (χ0v) is 9.68. The van der Waals surface area contributed by atoms with Crippen LogP contribution in [-0.2, 0) is 4.74 Å². The summed E-state index contributed by atoms with van der Waals surface area (Å²) in [6, 6.07) is 4.82. The van der Waals surface area contributed by atoms with Crippen molar-refractivity contribution in [2.45, 2.75) is 17.9 Å². The van der Waals surface area contributed by atoms with Crippen LogP contribution in [0.15, 0.2) is 23.1 Å². The molecule has 1 atom stereocenters. The number of rotatable bonds is 5. The third kappa shape index (κ3) is 3.48. The van der Waals surface area contributed by atoms with Crippen LogP contribution < -0.4 is 0 Å². The predicted molar refractivity (Wildman–Crippen MR) is 59.6 cm³/mol. The summed E-state index contributed by atoms with van der Waals surface area (Å²) in [5.41, 5.74) is 0.374. The Balaban J connectivity index is 2.81. The molecule has 0 saturated carbocycles. The third-order valence-electron chi connectivity index (χ3n) is 1.98.